The first kappa shape index (κ1) is 16.6. The van der Waals surface area contributed by atoms with Crippen LogP contribution in [0.4, 0.5) is 0 Å². The second-order valence-electron chi connectivity index (χ2n) is 8.06. The number of aromatic nitrogens is 2. The minimum atomic E-state index is 0.804. The minimum absolute atomic E-state index is 0.804. The largest absolute Gasteiger partial charge is 0.298 e. The first-order valence-corrected chi connectivity index (χ1v) is 9.97. The molecule has 0 unspecified atom stereocenters. The zero-order valence-electron chi connectivity index (χ0n) is 15.2. The molecule has 2 aliphatic heterocycles. The fraction of sp³-hybridized carbons (Fsp3) is 0.842. The Kier molecular flexibility index (Phi) is 5.20. The summed E-state index contributed by atoms with van der Waals surface area (Å²) in [5.74, 6) is 0. The summed E-state index contributed by atoms with van der Waals surface area (Å²) >= 11 is 0. The lowest BCUT2D eigenvalue weighted by Gasteiger charge is -2.49. The molecule has 0 amide bonds. The quantitative estimate of drug-likeness (QED) is 0.823. The summed E-state index contributed by atoms with van der Waals surface area (Å²) in [6, 6.07) is 1.70. The van der Waals surface area contributed by atoms with E-state index in [4.69, 9.17) is 0 Å². The second kappa shape index (κ2) is 7.54. The van der Waals surface area contributed by atoms with Gasteiger partial charge in [-0.3, -0.25) is 19.4 Å². The summed E-state index contributed by atoms with van der Waals surface area (Å²) in [7, 11) is 0. The molecule has 0 aromatic carbocycles. The van der Waals surface area contributed by atoms with Crippen molar-refractivity contribution >= 4 is 0 Å². The van der Waals surface area contributed by atoms with Crippen molar-refractivity contribution in [1.82, 2.24) is 24.5 Å². The minimum Gasteiger partial charge on any atom is -0.298 e. The van der Waals surface area contributed by atoms with E-state index < -0.39 is 0 Å². The molecule has 1 aromatic rings. The van der Waals surface area contributed by atoms with Crippen LogP contribution in [0.5, 0.6) is 0 Å². The SMILES string of the molecule is Cc1cnn(CCN2CC(N3CCN(C4CCCCC4)CC3)C2)c1. The van der Waals surface area contributed by atoms with Crippen molar-refractivity contribution in [3.8, 4) is 0 Å². The number of hydrogen-bond acceptors (Lipinski definition) is 4. The van der Waals surface area contributed by atoms with Crippen molar-refractivity contribution in [2.75, 3.05) is 45.8 Å². The number of likely N-dealkylation sites (tertiary alicyclic amines) is 1. The highest BCUT2D eigenvalue weighted by Crippen LogP contribution is 2.24. The third-order valence-electron chi connectivity index (χ3n) is 6.30. The van der Waals surface area contributed by atoms with Crippen LogP contribution in [-0.2, 0) is 6.54 Å². The van der Waals surface area contributed by atoms with Gasteiger partial charge in [0.2, 0.25) is 0 Å². The van der Waals surface area contributed by atoms with Gasteiger partial charge in [-0.1, -0.05) is 19.3 Å². The van der Waals surface area contributed by atoms with Crippen LogP contribution in [-0.4, -0.2) is 82.4 Å². The van der Waals surface area contributed by atoms with Gasteiger partial charge in [0, 0.05) is 64.1 Å². The molecule has 3 heterocycles. The van der Waals surface area contributed by atoms with Crippen molar-refractivity contribution in [3.05, 3.63) is 18.0 Å². The van der Waals surface area contributed by atoms with E-state index in [-0.39, 0.29) is 0 Å². The van der Waals surface area contributed by atoms with Crippen LogP contribution in [0.2, 0.25) is 0 Å². The lowest BCUT2D eigenvalue weighted by atomic mass is 9.93. The number of aryl methyl sites for hydroxylation is 1. The molecule has 4 rings (SSSR count). The van der Waals surface area contributed by atoms with Gasteiger partial charge in [-0.05, 0) is 25.3 Å². The van der Waals surface area contributed by atoms with Crippen LogP contribution in [0.15, 0.2) is 12.4 Å². The molecule has 0 radical (unpaired) electrons. The average molecular weight is 332 g/mol. The Balaban J connectivity index is 1.14. The van der Waals surface area contributed by atoms with Gasteiger partial charge in [-0.15, -0.1) is 0 Å². The molecule has 1 aromatic heterocycles. The van der Waals surface area contributed by atoms with E-state index >= 15 is 0 Å². The normalized spacial score (nSPS) is 25.9. The molecule has 5 heteroatoms. The highest BCUT2D eigenvalue weighted by atomic mass is 15.4. The molecule has 1 aliphatic carbocycles. The van der Waals surface area contributed by atoms with Crippen molar-refractivity contribution in [3.63, 3.8) is 0 Å². The van der Waals surface area contributed by atoms with E-state index in [0.29, 0.717) is 0 Å². The predicted molar refractivity (Wildman–Crippen MR) is 97.2 cm³/mol. The summed E-state index contributed by atoms with van der Waals surface area (Å²) in [5.41, 5.74) is 1.26. The lowest BCUT2D eigenvalue weighted by Crippen LogP contribution is -2.64. The third kappa shape index (κ3) is 3.84. The Morgan fingerprint density at radius 1 is 0.917 bits per heavy atom. The third-order valence-corrected chi connectivity index (χ3v) is 6.30. The number of nitrogens with zero attached hydrogens (tertiary/aromatic N) is 5. The Morgan fingerprint density at radius 3 is 2.21 bits per heavy atom. The summed E-state index contributed by atoms with van der Waals surface area (Å²) in [5, 5.41) is 4.38. The highest BCUT2D eigenvalue weighted by molar-refractivity contribution is 4.99. The fourth-order valence-electron chi connectivity index (χ4n) is 4.70. The Bertz CT molecular complexity index is 508. The zero-order valence-corrected chi connectivity index (χ0v) is 15.2. The van der Waals surface area contributed by atoms with Crippen LogP contribution in [0.3, 0.4) is 0 Å². The van der Waals surface area contributed by atoms with E-state index in [1.165, 1.54) is 76.9 Å². The second-order valence-corrected chi connectivity index (χ2v) is 8.06. The van der Waals surface area contributed by atoms with E-state index in [1.807, 2.05) is 6.20 Å². The maximum Gasteiger partial charge on any atom is 0.0536 e. The molecule has 1 saturated carbocycles. The summed E-state index contributed by atoms with van der Waals surface area (Å²) < 4.78 is 2.08. The predicted octanol–water partition coefficient (Wildman–Crippen LogP) is 1.83. The van der Waals surface area contributed by atoms with Crippen molar-refractivity contribution in [1.29, 1.82) is 0 Å². The first-order chi connectivity index (χ1) is 11.8. The van der Waals surface area contributed by atoms with Crippen molar-refractivity contribution in [2.45, 2.75) is 57.7 Å². The van der Waals surface area contributed by atoms with Crippen molar-refractivity contribution in [2.24, 2.45) is 0 Å². The van der Waals surface area contributed by atoms with Crippen LogP contribution in [0.1, 0.15) is 37.7 Å². The molecule has 0 spiro atoms. The van der Waals surface area contributed by atoms with E-state index in [1.54, 1.807) is 0 Å². The molecule has 0 N–H and O–H groups in total. The van der Waals surface area contributed by atoms with E-state index in [9.17, 15) is 0 Å². The van der Waals surface area contributed by atoms with Crippen LogP contribution >= 0.6 is 0 Å². The highest BCUT2D eigenvalue weighted by Gasteiger charge is 2.34. The maximum atomic E-state index is 4.38. The summed E-state index contributed by atoms with van der Waals surface area (Å²) in [6.07, 6.45) is 11.4. The van der Waals surface area contributed by atoms with Gasteiger partial charge < -0.3 is 0 Å². The Hall–Kier alpha value is -0.910. The first-order valence-electron chi connectivity index (χ1n) is 9.97. The Morgan fingerprint density at radius 2 is 1.58 bits per heavy atom. The van der Waals surface area contributed by atoms with Gasteiger partial charge >= 0.3 is 0 Å². The monoisotopic (exact) mass is 331 g/mol. The molecular weight excluding hydrogens is 298 g/mol. The summed E-state index contributed by atoms with van der Waals surface area (Å²) in [4.78, 5) is 8.11. The molecule has 5 nitrogen and oxygen atoms in total. The van der Waals surface area contributed by atoms with Crippen molar-refractivity contribution < 1.29 is 0 Å². The maximum absolute atomic E-state index is 4.38. The smallest absolute Gasteiger partial charge is 0.0536 e. The fourth-order valence-corrected chi connectivity index (χ4v) is 4.70. The van der Waals surface area contributed by atoms with Crippen LogP contribution in [0, 0.1) is 6.92 Å². The lowest BCUT2D eigenvalue weighted by molar-refractivity contribution is -0.00847. The number of piperazine rings is 1. The molecule has 134 valence electrons. The zero-order chi connectivity index (χ0) is 16.4. The standard InChI is InChI=1S/C19H33N5/c1-17-13-20-24(14-17)12-7-21-15-19(16-21)23-10-8-22(9-11-23)18-5-3-2-4-6-18/h13-14,18-19H,2-12,15-16H2,1H3. The van der Waals surface area contributed by atoms with Gasteiger partial charge in [0.05, 0.1) is 12.7 Å². The van der Waals surface area contributed by atoms with E-state index in [2.05, 4.69) is 37.6 Å². The van der Waals surface area contributed by atoms with Gasteiger partial charge in [0.15, 0.2) is 0 Å². The van der Waals surface area contributed by atoms with Gasteiger partial charge in [-0.25, -0.2) is 0 Å². The van der Waals surface area contributed by atoms with E-state index in [0.717, 1.165) is 25.2 Å². The molecule has 0 bridgehead atoms. The number of hydrogen-bond donors (Lipinski definition) is 0. The molecule has 2 saturated heterocycles. The van der Waals surface area contributed by atoms with Gasteiger partial charge in [0.1, 0.15) is 0 Å². The topological polar surface area (TPSA) is 27.5 Å². The molecule has 3 aliphatic rings. The molecule has 3 fully saturated rings. The molecule has 24 heavy (non-hydrogen) atoms. The average Bonchev–Trinajstić information content (AvgIpc) is 3.00. The van der Waals surface area contributed by atoms with Gasteiger partial charge in [0.25, 0.3) is 0 Å². The summed E-state index contributed by atoms with van der Waals surface area (Å²) in [6.45, 7) is 11.9. The van der Waals surface area contributed by atoms with Gasteiger partial charge in [-0.2, -0.15) is 5.10 Å². The van der Waals surface area contributed by atoms with Crippen LogP contribution in [0.25, 0.3) is 0 Å². The molecule has 0 atom stereocenters. The van der Waals surface area contributed by atoms with Crippen LogP contribution < -0.4 is 0 Å². The Labute approximate surface area is 146 Å². The molecular formula is C19H33N5. The number of rotatable bonds is 5.